The maximum Gasteiger partial charge on any atom is 0.266 e. The van der Waals surface area contributed by atoms with Gasteiger partial charge in [0.2, 0.25) is 0 Å². The number of nitrogens with zero attached hydrogens (tertiary/aromatic N) is 1. The third-order valence-electron chi connectivity index (χ3n) is 4.18. The summed E-state index contributed by atoms with van der Waals surface area (Å²) in [6.45, 7) is 2.37. The lowest BCUT2D eigenvalue weighted by atomic mass is 10.1. The molecule has 1 fully saturated rings. The number of carboxylic acid groups (broad SMARTS) is 1. The third kappa shape index (κ3) is 4.67. The number of amides is 1. The zero-order valence-corrected chi connectivity index (χ0v) is 16.4. The van der Waals surface area contributed by atoms with Crippen LogP contribution in [-0.4, -0.2) is 27.6 Å². The molecule has 1 aliphatic heterocycles. The van der Waals surface area contributed by atoms with Crippen molar-refractivity contribution in [3.63, 3.8) is 0 Å². The molecular formula is C20H18NO4S2-. The van der Waals surface area contributed by atoms with E-state index in [0.717, 1.165) is 17.7 Å². The molecular weight excluding hydrogens is 382 g/mol. The Labute approximate surface area is 167 Å². The van der Waals surface area contributed by atoms with Crippen LogP contribution >= 0.6 is 24.0 Å². The highest BCUT2D eigenvalue weighted by atomic mass is 32.2. The van der Waals surface area contributed by atoms with Gasteiger partial charge in [0, 0.05) is 24.2 Å². The van der Waals surface area contributed by atoms with Crippen LogP contribution in [0.25, 0.3) is 17.4 Å². The monoisotopic (exact) mass is 400 g/mol. The molecule has 1 aromatic heterocycles. The van der Waals surface area contributed by atoms with E-state index in [-0.39, 0.29) is 18.9 Å². The number of carbonyl (C=O) groups is 2. The fourth-order valence-corrected chi connectivity index (χ4v) is 3.98. The molecule has 3 rings (SSSR count). The van der Waals surface area contributed by atoms with Crippen LogP contribution in [-0.2, 0) is 16.0 Å². The summed E-state index contributed by atoms with van der Waals surface area (Å²) in [5, 5.41) is 10.5. The maximum absolute atomic E-state index is 12.5. The normalized spacial score (nSPS) is 15.7. The second-order valence-corrected chi connectivity index (χ2v) is 7.74. The van der Waals surface area contributed by atoms with Gasteiger partial charge >= 0.3 is 0 Å². The van der Waals surface area contributed by atoms with E-state index in [1.54, 1.807) is 6.08 Å². The molecule has 1 amide bonds. The predicted octanol–water partition coefficient (Wildman–Crippen LogP) is 3.24. The van der Waals surface area contributed by atoms with Crippen molar-refractivity contribution in [1.29, 1.82) is 0 Å². The zero-order chi connectivity index (χ0) is 19.4. The number of rotatable bonds is 7. The van der Waals surface area contributed by atoms with Crippen molar-refractivity contribution >= 4 is 46.3 Å². The Bertz CT molecular complexity index is 899. The molecule has 5 nitrogen and oxygen atoms in total. The Morgan fingerprint density at radius 2 is 2.00 bits per heavy atom. The molecule has 0 spiro atoms. The first-order valence-electron chi connectivity index (χ1n) is 8.62. The maximum atomic E-state index is 12.5. The highest BCUT2D eigenvalue weighted by molar-refractivity contribution is 8.26. The molecule has 0 radical (unpaired) electrons. The Morgan fingerprint density at radius 3 is 2.67 bits per heavy atom. The van der Waals surface area contributed by atoms with E-state index in [9.17, 15) is 14.7 Å². The minimum atomic E-state index is -1.13. The lowest BCUT2D eigenvalue weighted by molar-refractivity contribution is -0.305. The zero-order valence-electron chi connectivity index (χ0n) is 14.8. The molecule has 1 aromatic carbocycles. The van der Waals surface area contributed by atoms with Gasteiger partial charge in [-0.05, 0) is 37.0 Å². The van der Waals surface area contributed by atoms with E-state index in [1.165, 1.54) is 22.2 Å². The number of hydrogen-bond acceptors (Lipinski definition) is 6. The van der Waals surface area contributed by atoms with E-state index in [0.29, 0.717) is 21.4 Å². The van der Waals surface area contributed by atoms with Crippen LogP contribution in [0.5, 0.6) is 0 Å². The summed E-state index contributed by atoms with van der Waals surface area (Å²) in [5.41, 5.74) is 2.23. The van der Waals surface area contributed by atoms with E-state index in [2.05, 4.69) is 19.1 Å². The minimum absolute atomic E-state index is 0.103. The largest absolute Gasteiger partial charge is 0.550 e. The highest BCUT2D eigenvalue weighted by Gasteiger charge is 2.31. The summed E-state index contributed by atoms with van der Waals surface area (Å²) >= 11 is 6.42. The number of thioether (sulfide) groups is 1. The van der Waals surface area contributed by atoms with Crippen LogP contribution in [0.3, 0.4) is 0 Å². The van der Waals surface area contributed by atoms with Gasteiger partial charge in [-0.25, -0.2) is 0 Å². The van der Waals surface area contributed by atoms with Gasteiger partial charge in [0.25, 0.3) is 5.91 Å². The molecule has 0 N–H and O–H groups in total. The fourth-order valence-electron chi connectivity index (χ4n) is 2.69. The second kappa shape index (κ2) is 8.54. The summed E-state index contributed by atoms with van der Waals surface area (Å²) in [6, 6.07) is 11.8. The number of aliphatic carboxylic acids is 1. The molecule has 0 aliphatic carbocycles. The van der Waals surface area contributed by atoms with E-state index < -0.39 is 5.97 Å². The van der Waals surface area contributed by atoms with Crippen molar-refractivity contribution in [2.75, 3.05) is 6.54 Å². The number of furan rings is 1. The number of carboxylic acids is 1. The van der Waals surface area contributed by atoms with Gasteiger partial charge in [-0.2, -0.15) is 0 Å². The number of hydrogen-bond donors (Lipinski definition) is 0. The molecule has 2 heterocycles. The van der Waals surface area contributed by atoms with Crippen LogP contribution in [0.2, 0.25) is 0 Å². The quantitative estimate of drug-likeness (QED) is 0.525. The molecule has 0 unspecified atom stereocenters. The topological polar surface area (TPSA) is 73.6 Å². The summed E-state index contributed by atoms with van der Waals surface area (Å²) in [7, 11) is 0. The van der Waals surface area contributed by atoms with Gasteiger partial charge < -0.3 is 14.3 Å². The average Bonchev–Trinajstić information content (AvgIpc) is 3.22. The molecule has 140 valence electrons. The molecule has 0 saturated carbocycles. The van der Waals surface area contributed by atoms with Crippen molar-refractivity contribution in [1.82, 2.24) is 4.90 Å². The standard InChI is InChI=1S/C20H19NO4S2/c1-2-13-5-7-14(8-6-13)16-10-9-15(25-16)12-17-19(24)21(20(26)27-17)11-3-4-18(22)23/h5-10,12H,2-4,11H2,1H3,(H,22,23)/p-1/b17-12+. The van der Waals surface area contributed by atoms with Crippen molar-refractivity contribution in [2.24, 2.45) is 0 Å². The van der Waals surface area contributed by atoms with Gasteiger partial charge in [0.1, 0.15) is 15.8 Å². The molecule has 0 bridgehead atoms. The van der Waals surface area contributed by atoms with Gasteiger partial charge in [0.15, 0.2) is 0 Å². The third-order valence-corrected chi connectivity index (χ3v) is 5.56. The van der Waals surface area contributed by atoms with Crippen LogP contribution in [0.15, 0.2) is 45.7 Å². The Hall–Kier alpha value is -2.38. The fraction of sp³-hybridized carbons (Fsp3) is 0.250. The van der Waals surface area contributed by atoms with E-state index in [4.69, 9.17) is 16.6 Å². The lowest BCUT2D eigenvalue weighted by Gasteiger charge is -2.14. The van der Waals surface area contributed by atoms with Crippen LogP contribution in [0, 0.1) is 0 Å². The van der Waals surface area contributed by atoms with E-state index in [1.807, 2.05) is 24.3 Å². The number of thiocarbonyl (C=S) groups is 1. The van der Waals surface area contributed by atoms with Crippen molar-refractivity contribution in [3.05, 3.63) is 52.6 Å². The number of aryl methyl sites for hydroxylation is 1. The second-order valence-electron chi connectivity index (χ2n) is 6.06. The van der Waals surface area contributed by atoms with Gasteiger partial charge in [-0.3, -0.25) is 9.69 Å². The number of carbonyl (C=O) groups excluding carboxylic acids is 2. The predicted molar refractivity (Wildman–Crippen MR) is 108 cm³/mol. The average molecular weight is 401 g/mol. The van der Waals surface area contributed by atoms with Gasteiger partial charge in [-0.15, -0.1) is 0 Å². The van der Waals surface area contributed by atoms with Crippen molar-refractivity contribution in [3.8, 4) is 11.3 Å². The molecule has 27 heavy (non-hydrogen) atoms. The summed E-state index contributed by atoms with van der Waals surface area (Å²) < 4.78 is 6.27. The molecule has 1 saturated heterocycles. The van der Waals surface area contributed by atoms with Crippen LogP contribution < -0.4 is 5.11 Å². The van der Waals surface area contributed by atoms with Gasteiger partial charge in [0.05, 0.1) is 4.91 Å². The molecule has 7 heteroatoms. The van der Waals surface area contributed by atoms with Crippen molar-refractivity contribution < 1.29 is 19.1 Å². The van der Waals surface area contributed by atoms with Crippen LogP contribution in [0.4, 0.5) is 0 Å². The summed E-state index contributed by atoms with van der Waals surface area (Å²) in [5.74, 6) is -0.0622. The lowest BCUT2D eigenvalue weighted by Crippen LogP contribution is -2.30. The molecule has 1 aliphatic rings. The Morgan fingerprint density at radius 1 is 1.26 bits per heavy atom. The molecule has 2 aromatic rings. The first kappa shape index (κ1) is 19.4. The summed E-state index contributed by atoms with van der Waals surface area (Å²) in [6.07, 6.45) is 2.85. The number of benzene rings is 1. The van der Waals surface area contributed by atoms with Crippen molar-refractivity contribution in [2.45, 2.75) is 26.2 Å². The molecule has 0 atom stereocenters. The SMILES string of the molecule is CCc1ccc(-c2ccc(/C=C3/SC(=S)N(CCCC(=O)[O-])C3=O)o2)cc1. The smallest absolute Gasteiger partial charge is 0.266 e. The summed E-state index contributed by atoms with van der Waals surface area (Å²) in [4.78, 5) is 24.9. The Balaban J connectivity index is 1.71. The van der Waals surface area contributed by atoms with E-state index >= 15 is 0 Å². The first-order valence-corrected chi connectivity index (χ1v) is 9.84. The highest BCUT2D eigenvalue weighted by Crippen LogP contribution is 2.33. The van der Waals surface area contributed by atoms with Gasteiger partial charge in [-0.1, -0.05) is 55.2 Å². The minimum Gasteiger partial charge on any atom is -0.550 e. The Kier molecular flexibility index (Phi) is 6.13. The first-order chi connectivity index (χ1) is 13.0. The van der Waals surface area contributed by atoms with Crippen LogP contribution in [0.1, 0.15) is 31.1 Å².